The quantitative estimate of drug-likeness (QED) is 0.725. The van der Waals surface area contributed by atoms with Crippen LogP contribution in [0.2, 0.25) is 0 Å². The fourth-order valence-corrected chi connectivity index (χ4v) is 2.48. The number of nitrogens with zero attached hydrogens (tertiary/aromatic N) is 1. The first-order valence-corrected chi connectivity index (χ1v) is 7.88. The summed E-state index contributed by atoms with van der Waals surface area (Å²) in [6.45, 7) is 0.121. The average molecular weight is 331 g/mol. The van der Waals surface area contributed by atoms with Gasteiger partial charge in [-0.15, -0.1) is 0 Å². The van der Waals surface area contributed by atoms with E-state index < -0.39 is 0 Å². The molecule has 1 unspecified atom stereocenters. The van der Waals surface area contributed by atoms with Crippen molar-refractivity contribution >= 4 is 11.6 Å². The fourth-order valence-electron chi connectivity index (χ4n) is 2.48. The van der Waals surface area contributed by atoms with Crippen molar-refractivity contribution < 1.29 is 9.21 Å². The largest absolute Gasteiger partial charge is 0.467 e. The zero-order valence-corrected chi connectivity index (χ0v) is 13.5. The molecule has 2 aromatic carbocycles. The normalized spacial score (nSPS) is 11.3. The third-order valence-electron chi connectivity index (χ3n) is 3.73. The lowest BCUT2D eigenvalue weighted by atomic mass is 10.0. The van der Waals surface area contributed by atoms with Crippen molar-refractivity contribution in [3.63, 3.8) is 0 Å². The van der Waals surface area contributed by atoms with E-state index in [9.17, 15) is 4.79 Å². The molecule has 0 aliphatic rings. The number of rotatable bonds is 6. The van der Waals surface area contributed by atoms with Gasteiger partial charge >= 0.3 is 0 Å². The van der Waals surface area contributed by atoms with Crippen molar-refractivity contribution in [2.45, 2.75) is 6.04 Å². The van der Waals surface area contributed by atoms with Gasteiger partial charge in [0.1, 0.15) is 11.8 Å². The molecule has 0 radical (unpaired) electrons. The molecule has 5 heteroatoms. The maximum Gasteiger partial charge on any atom is 0.240 e. The highest BCUT2D eigenvalue weighted by Crippen LogP contribution is 2.22. The van der Waals surface area contributed by atoms with Crippen molar-refractivity contribution in [3.05, 3.63) is 89.9 Å². The molecule has 0 spiro atoms. The molecule has 0 aliphatic heterocycles. The molecule has 0 fully saturated rings. The summed E-state index contributed by atoms with van der Waals surface area (Å²) in [5, 5.41) is 14.8. The molecule has 1 aromatic heterocycles. The summed E-state index contributed by atoms with van der Waals surface area (Å²) in [6.07, 6.45) is 1.59. The first-order chi connectivity index (χ1) is 12.3. The maximum absolute atomic E-state index is 12.4. The topological polar surface area (TPSA) is 78.1 Å². The number of amides is 1. The standard InChI is InChI=1S/C20H17N3O2/c21-13-15-8-10-17(11-9-15)22-14-19(24)23-20(18-7-4-12-25-18)16-5-2-1-3-6-16/h1-12,20,22H,14H2,(H,23,24). The van der Waals surface area contributed by atoms with E-state index in [1.165, 1.54) is 0 Å². The number of carbonyl (C=O) groups excluding carboxylic acids is 1. The number of benzene rings is 2. The minimum Gasteiger partial charge on any atom is -0.467 e. The molecule has 124 valence electrons. The van der Waals surface area contributed by atoms with Crippen molar-refractivity contribution in [1.82, 2.24) is 5.32 Å². The van der Waals surface area contributed by atoms with Gasteiger partial charge in [0.2, 0.25) is 5.91 Å². The Labute approximate surface area is 145 Å². The van der Waals surface area contributed by atoms with Gasteiger partial charge in [-0.1, -0.05) is 30.3 Å². The van der Waals surface area contributed by atoms with Gasteiger partial charge in [0.15, 0.2) is 0 Å². The van der Waals surface area contributed by atoms with Crippen molar-refractivity contribution in [2.75, 3.05) is 11.9 Å². The summed E-state index contributed by atoms with van der Waals surface area (Å²) in [4.78, 5) is 12.4. The summed E-state index contributed by atoms with van der Waals surface area (Å²) < 4.78 is 5.47. The minimum absolute atomic E-state index is 0.121. The van der Waals surface area contributed by atoms with E-state index in [1.54, 1.807) is 36.6 Å². The van der Waals surface area contributed by atoms with Gasteiger partial charge in [-0.05, 0) is 42.0 Å². The third kappa shape index (κ3) is 4.27. The molecular formula is C20H17N3O2. The molecule has 3 rings (SSSR count). The smallest absolute Gasteiger partial charge is 0.240 e. The minimum atomic E-state index is -0.341. The van der Waals surface area contributed by atoms with E-state index in [1.807, 2.05) is 36.4 Å². The molecular weight excluding hydrogens is 314 g/mol. The van der Waals surface area contributed by atoms with Crippen LogP contribution in [0, 0.1) is 11.3 Å². The molecule has 0 bridgehead atoms. The summed E-state index contributed by atoms with van der Waals surface area (Å²) in [7, 11) is 0. The first-order valence-electron chi connectivity index (χ1n) is 7.88. The number of nitrogens with one attached hydrogen (secondary N) is 2. The van der Waals surface area contributed by atoms with Gasteiger partial charge in [0, 0.05) is 5.69 Å². The molecule has 0 aliphatic carbocycles. The van der Waals surface area contributed by atoms with Crippen LogP contribution in [0.1, 0.15) is 22.9 Å². The monoisotopic (exact) mass is 331 g/mol. The van der Waals surface area contributed by atoms with Gasteiger partial charge in [-0.2, -0.15) is 5.26 Å². The fraction of sp³-hybridized carbons (Fsp3) is 0.100. The van der Waals surface area contributed by atoms with Crippen molar-refractivity contribution in [3.8, 4) is 6.07 Å². The van der Waals surface area contributed by atoms with Gasteiger partial charge in [-0.25, -0.2) is 0 Å². The molecule has 1 atom stereocenters. The van der Waals surface area contributed by atoms with E-state index in [4.69, 9.17) is 9.68 Å². The van der Waals surface area contributed by atoms with E-state index in [0.717, 1.165) is 11.3 Å². The second-order valence-electron chi connectivity index (χ2n) is 5.47. The van der Waals surface area contributed by atoms with Crippen LogP contribution in [-0.4, -0.2) is 12.5 Å². The number of nitriles is 1. The predicted molar refractivity (Wildman–Crippen MR) is 94.8 cm³/mol. The summed E-state index contributed by atoms with van der Waals surface area (Å²) in [6, 6.07) is 22.0. The Morgan fingerprint density at radius 2 is 1.80 bits per heavy atom. The van der Waals surface area contributed by atoms with Crippen molar-refractivity contribution in [2.24, 2.45) is 0 Å². The lowest BCUT2D eigenvalue weighted by Crippen LogP contribution is -2.33. The van der Waals surface area contributed by atoms with Crippen LogP contribution in [-0.2, 0) is 4.79 Å². The molecule has 0 saturated heterocycles. The third-order valence-corrected chi connectivity index (χ3v) is 3.73. The SMILES string of the molecule is N#Cc1ccc(NCC(=O)NC(c2ccccc2)c2ccco2)cc1. The number of anilines is 1. The number of hydrogen-bond acceptors (Lipinski definition) is 4. The van der Waals surface area contributed by atoms with Gasteiger partial charge in [0.05, 0.1) is 24.4 Å². The highest BCUT2D eigenvalue weighted by Gasteiger charge is 2.18. The van der Waals surface area contributed by atoms with Crippen LogP contribution in [0.5, 0.6) is 0 Å². The Kier molecular flexibility index (Phi) is 5.13. The molecule has 0 saturated carbocycles. The van der Waals surface area contributed by atoms with Crippen LogP contribution < -0.4 is 10.6 Å². The van der Waals surface area contributed by atoms with Gasteiger partial charge in [-0.3, -0.25) is 4.79 Å². The van der Waals surface area contributed by atoms with Crippen LogP contribution in [0.25, 0.3) is 0 Å². The molecule has 3 aromatic rings. The molecule has 1 heterocycles. The average Bonchev–Trinajstić information content (AvgIpc) is 3.20. The first kappa shape index (κ1) is 16.3. The predicted octanol–water partition coefficient (Wildman–Crippen LogP) is 3.47. The molecule has 25 heavy (non-hydrogen) atoms. The van der Waals surface area contributed by atoms with Gasteiger partial charge in [0.25, 0.3) is 0 Å². The highest BCUT2D eigenvalue weighted by atomic mass is 16.3. The Morgan fingerprint density at radius 1 is 1.04 bits per heavy atom. The van der Waals surface area contributed by atoms with Crippen LogP contribution in [0.3, 0.4) is 0 Å². The second kappa shape index (κ2) is 7.84. The lowest BCUT2D eigenvalue weighted by Gasteiger charge is -2.17. The van der Waals surface area contributed by atoms with Crippen LogP contribution in [0.15, 0.2) is 77.4 Å². The van der Waals surface area contributed by atoms with E-state index in [-0.39, 0.29) is 18.5 Å². The van der Waals surface area contributed by atoms with E-state index >= 15 is 0 Å². The zero-order chi connectivity index (χ0) is 17.5. The summed E-state index contributed by atoms with van der Waals surface area (Å²) in [5.74, 6) is 0.521. The maximum atomic E-state index is 12.4. The second-order valence-corrected chi connectivity index (χ2v) is 5.47. The molecule has 2 N–H and O–H groups in total. The number of furan rings is 1. The lowest BCUT2D eigenvalue weighted by molar-refractivity contribution is -0.120. The summed E-state index contributed by atoms with van der Waals surface area (Å²) >= 11 is 0. The van der Waals surface area contributed by atoms with Gasteiger partial charge < -0.3 is 15.1 Å². The Morgan fingerprint density at radius 3 is 2.44 bits per heavy atom. The Balaban J connectivity index is 1.65. The summed E-state index contributed by atoms with van der Waals surface area (Å²) in [5.41, 5.74) is 2.31. The highest BCUT2D eigenvalue weighted by molar-refractivity contribution is 5.81. The van der Waals surface area contributed by atoms with Crippen molar-refractivity contribution in [1.29, 1.82) is 5.26 Å². The number of hydrogen-bond donors (Lipinski definition) is 2. The Bertz CT molecular complexity index is 850. The van der Waals surface area contributed by atoms with Crippen LogP contribution in [0.4, 0.5) is 5.69 Å². The van der Waals surface area contributed by atoms with Crippen LogP contribution >= 0.6 is 0 Å². The number of carbonyl (C=O) groups is 1. The molecule has 5 nitrogen and oxygen atoms in total. The zero-order valence-electron chi connectivity index (χ0n) is 13.5. The van der Waals surface area contributed by atoms with E-state index in [2.05, 4.69) is 16.7 Å². The Hall–Kier alpha value is -3.52. The van der Waals surface area contributed by atoms with E-state index in [0.29, 0.717) is 11.3 Å². The molecule has 1 amide bonds.